The molecule has 0 fully saturated rings. The van der Waals surface area contributed by atoms with E-state index in [2.05, 4.69) is 37.5 Å². The Morgan fingerprint density at radius 3 is 2.10 bits per heavy atom. The fourth-order valence-corrected chi connectivity index (χ4v) is 5.08. The standard InChI is InChI=1S/C35H53N3O4/c1-10-11-19-36-32(39)31(29-21-25(4)20-26(5)22-29)38(27(6)18-17-24(2)3)33(40)30(23-28-15-13-12-14-16-28)37-34(41)42-35(7,8)9/h12-16,20-22,24,27,30-31H,10-11,17-19,23H2,1-9H3,(H,36,39)(H,37,41). The van der Waals surface area contributed by atoms with Gasteiger partial charge < -0.3 is 20.3 Å². The SMILES string of the molecule is CCCCNC(=O)C(c1cc(C)cc(C)c1)N(C(=O)C(Cc1ccccc1)NC(=O)OC(C)(C)C)C(C)CCC(C)C. The van der Waals surface area contributed by atoms with Crippen LogP contribution in [0.1, 0.15) is 102 Å². The van der Waals surface area contributed by atoms with E-state index in [-0.39, 0.29) is 24.3 Å². The molecule has 0 heterocycles. The van der Waals surface area contributed by atoms with Gasteiger partial charge in [-0.1, -0.05) is 86.8 Å². The van der Waals surface area contributed by atoms with Crippen LogP contribution in [0.4, 0.5) is 4.79 Å². The summed E-state index contributed by atoms with van der Waals surface area (Å²) >= 11 is 0. The van der Waals surface area contributed by atoms with E-state index in [0.29, 0.717) is 12.5 Å². The molecule has 3 unspecified atom stereocenters. The van der Waals surface area contributed by atoms with Crippen molar-refractivity contribution in [2.45, 2.75) is 118 Å². The van der Waals surface area contributed by atoms with Crippen LogP contribution in [-0.4, -0.2) is 47.0 Å². The molecule has 2 rings (SSSR count). The van der Waals surface area contributed by atoms with E-state index in [1.807, 2.05) is 63.2 Å². The molecule has 3 atom stereocenters. The van der Waals surface area contributed by atoms with Gasteiger partial charge in [0.25, 0.3) is 0 Å². The second-order valence-corrected chi connectivity index (χ2v) is 12.9. The van der Waals surface area contributed by atoms with Gasteiger partial charge in [-0.2, -0.15) is 0 Å². The fourth-order valence-electron chi connectivity index (χ4n) is 5.08. The highest BCUT2D eigenvalue weighted by Crippen LogP contribution is 2.29. The molecule has 0 spiro atoms. The predicted octanol–water partition coefficient (Wildman–Crippen LogP) is 7.05. The molecule has 7 nitrogen and oxygen atoms in total. The van der Waals surface area contributed by atoms with Gasteiger partial charge in [0.05, 0.1) is 0 Å². The van der Waals surface area contributed by atoms with E-state index in [0.717, 1.165) is 47.9 Å². The van der Waals surface area contributed by atoms with Crippen molar-refractivity contribution in [3.05, 3.63) is 70.8 Å². The lowest BCUT2D eigenvalue weighted by molar-refractivity contribution is -0.145. The second-order valence-electron chi connectivity index (χ2n) is 12.9. The zero-order valence-electron chi connectivity index (χ0n) is 27.3. The quantitative estimate of drug-likeness (QED) is 0.235. The second kappa shape index (κ2) is 16.3. The van der Waals surface area contributed by atoms with Crippen LogP contribution in [0.15, 0.2) is 48.5 Å². The lowest BCUT2D eigenvalue weighted by Crippen LogP contribution is -2.56. The van der Waals surface area contributed by atoms with E-state index < -0.39 is 23.8 Å². The normalized spacial score (nSPS) is 13.7. The predicted molar refractivity (Wildman–Crippen MR) is 170 cm³/mol. The van der Waals surface area contributed by atoms with Crippen LogP contribution < -0.4 is 10.6 Å². The van der Waals surface area contributed by atoms with Crippen molar-refractivity contribution in [1.82, 2.24) is 15.5 Å². The highest BCUT2D eigenvalue weighted by Gasteiger charge is 2.39. The Hall–Kier alpha value is -3.35. The number of alkyl carbamates (subject to hydrolysis) is 1. The lowest BCUT2D eigenvalue weighted by Gasteiger charge is -2.39. The molecular formula is C35H53N3O4. The number of ether oxygens (including phenoxy) is 1. The zero-order chi connectivity index (χ0) is 31.4. The number of nitrogens with one attached hydrogen (secondary N) is 2. The van der Waals surface area contributed by atoms with Crippen molar-refractivity contribution in [3.8, 4) is 0 Å². The number of hydrogen-bond donors (Lipinski definition) is 2. The van der Waals surface area contributed by atoms with Crippen LogP contribution in [0.2, 0.25) is 0 Å². The summed E-state index contributed by atoms with van der Waals surface area (Å²) < 4.78 is 5.56. The molecule has 0 aliphatic carbocycles. The Balaban J connectivity index is 2.65. The average Bonchev–Trinajstić information content (AvgIpc) is 2.88. The zero-order valence-corrected chi connectivity index (χ0v) is 27.3. The van der Waals surface area contributed by atoms with Gasteiger partial charge in [0.15, 0.2) is 0 Å². The summed E-state index contributed by atoms with van der Waals surface area (Å²) in [5, 5.41) is 5.95. The van der Waals surface area contributed by atoms with Gasteiger partial charge >= 0.3 is 6.09 Å². The maximum Gasteiger partial charge on any atom is 0.408 e. The van der Waals surface area contributed by atoms with Crippen molar-refractivity contribution in [2.75, 3.05) is 6.54 Å². The van der Waals surface area contributed by atoms with Crippen LogP contribution in [0.5, 0.6) is 0 Å². The Labute approximate surface area is 253 Å². The van der Waals surface area contributed by atoms with E-state index in [4.69, 9.17) is 4.74 Å². The number of nitrogens with zero attached hydrogens (tertiary/aromatic N) is 1. The van der Waals surface area contributed by atoms with Crippen molar-refractivity contribution in [3.63, 3.8) is 0 Å². The largest absolute Gasteiger partial charge is 0.444 e. The number of carbonyl (C=O) groups is 3. The molecule has 2 aromatic rings. The molecule has 42 heavy (non-hydrogen) atoms. The Bertz CT molecular complexity index is 1140. The third-order valence-electron chi connectivity index (χ3n) is 7.08. The minimum Gasteiger partial charge on any atom is -0.444 e. The Morgan fingerprint density at radius 1 is 0.929 bits per heavy atom. The van der Waals surface area contributed by atoms with E-state index in [1.165, 1.54) is 0 Å². The number of carbonyl (C=O) groups excluding carboxylic acids is 3. The average molecular weight is 580 g/mol. The molecule has 0 aliphatic heterocycles. The molecule has 0 aromatic heterocycles. The molecule has 0 saturated carbocycles. The topological polar surface area (TPSA) is 87.7 Å². The highest BCUT2D eigenvalue weighted by molar-refractivity contribution is 5.92. The van der Waals surface area contributed by atoms with Gasteiger partial charge in [0.1, 0.15) is 17.7 Å². The van der Waals surface area contributed by atoms with Crippen molar-refractivity contribution >= 4 is 17.9 Å². The molecule has 0 bridgehead atoms. The first-order chi connectivity index (χ1) is 19.7. The van der Waals surface area contributed by atoms with E-state index in [1.54, 1.807) is 25.7 Å². The first kappa shape index (κ1) is 34.8. The van der Waals surface area contributed by atoms with Crippen LogP contribution in [0, 0.1) is 19.8 Å². The number of rotatable bonds is 14. The smallest absolute Gasteiger partial charge is 0.408 e. The summed E-state index contributed by atoms with van der Waals surface area (Å²) in [5.41, 5.74) is 2.98. The summed E-state index contributed by atoms with van der Waals surface area (Å²) in [4.78, 5) is 43.5. The van der Waals surface area contributed by atoms with Crippen molar-refractivity contribution in [1.29, 1.82) is 0 Å². The molecule has 0 aliphatic rings. The number of amides is 3. The fraction of sp³-hybridized carbons (Fsp3) is 0.571. The summed E-state index contributed by atoms with van der Waals surface area (Å²) in [5.74, 6) is -0.0906. The van der Waals surface area contributed by atoms with Crippen LogP contribution in [-0.2, 0) is 20.7 Å². The molecule has 7 heteroatoms. The first-order valence-corrected chi connectivity index (χ1v) is 15.4. The molecule has 2 N–H and O–H groups in total. The van der Waals surface area contributed by atoms with Gasteiger partial charge in [-0.3, -0.25) is 9.59 Å². The number of benzene rings is 2. The van der Waals surface area contributed by atoms with Crippen LogP contribution in [0.25, 0.3) is 0 Å². The highest BCUT2D eigenvalue weighted by atomic mass is 16.6. The number of hydrogen-bond acceptors (Lipinski definition) is 4. The maximum atomic E-state index is 14.7. The first-order valence-electron chi connectivity index (χ1n) is 15.4. The van der Waals surface area contributed by atoms with Gasteiger partial charge in [-0.15, -0.1) is 0 Å². The summed E-state index contributed by atoms with van der Waals surface area (Å²) in [6.07, 6.45) is 3.01. The third kappa shape index (κ3) is 11.5. The van der Waals surface area contributed by atoms with Gasteiger partial charge in [-0.05, 0) is 77.8 Å². The number of unbranched alkanes of at least 4 members (excludes halogenated alkanes) is 1. The monoisotopic (exact) mass is 579 g/mol. The van der Waals surface area contributed by atoms with Gasteiger partial charge in [0.2, 0.25) is 11.8 Å². The lowest BCUT2D eigenvalue weighted by atomic mass is 9.94. The van der Waals surface area contributed by atoms with Crippen molar-refractivity contribution in [2.24, 2.45) is 5.92 Å². The minimum atomic E-state index is -0.930. The third-order valence-corrected chi connectivity index (χ3v) is 7.08. The molecule has 0 saturated heterocycles. The molecule has 2 aromatic carbocycles. The van der Waals surface area contributed by atoms with Crippen LogP contribution in [0.3, 0.4) is 0 Å². The van der Waals surface area contributed by atoms with Gasteiger partial charge in [-0.25, -0.2) is 4.79 Å². The molecular weight excluding hydrogens is 526 g/mol. The molecule has 0 radical (unpaired) electrons. The van der Waals surface area contributed by atoms with Crippen molar-refractivity contribution < 1.29 is 19.1 Å². The van der Waals surface area contributed by atoms with Gasteiger partial charge in [0, 0.05) is 19.0 Å². The van der Waals surface area contributed by atoms with E-state index in [9.17, 15) is 14.4 Å². The Kier molecular flexibility index (Phi) is 13.5. The molecule has 3 amide bonds. The minimum absolute atomic E-state index is 0.214. The van der Waals surface area contributed by atoms with Crippen LogP contribution >= 0.6 is 0 Å². The number of aryl methyl sites for hydroxylation is 2. The summed E-state index contributed by atoms with van der Waals surface area (Å²) in [6, 6.07) is 13.6. The molecule has 232 valence electrons. The maximum absolute atomic E-state index is 14.7. The summed E-state index contributed by atoms with van der Waals surface area (Å²) in [7, 11) is 0. The van der Waals surface area contributed by atoms with E-state index >= 15 is 0 Å². The Morgan fingerprint density at radius 2 is 1.55 bits per heavy atom. The summed E-state index contributed by atoms with van der Waals surface area (Å²) in [6.45, 7) is 18.3.